The fourth-order valence-corrected chi connectivity index (χ4v) is 2.52. The van der Waals surface area contributed by atoms with Gasteiger partial charge in [0.1, 0.15) is 11.6 Å². The maximum absolute atomic E-state index is 13.8. The number of rotatable bonds is 3. The van der Waals surface area contributed by atoms with Crippen molar-refractivity contribution in [2.45, 2.75) is 25.9 Å². The molecule has 0 aliphatic heterocycles. The van der Waals surface area contributed by atoms with Crippen molar-refractivity contribution in [2.24, 2.45) is 5.73 Å². The van der Waals surface area contributed by atoms with E-state index in [0.717, 1.165) is 0 Å². The first-order valence-electron chi connectivity index (χ1n) is 5.86. The zero-order valence-electron chi connectivity index (χ0n) is 10.6. The van der Waals surface area contributed by atoms with E-state index in [0.29, 0.717) is 10.2 Å². The van der Waals surface area contributed by atoms with Crippen LogP contribution in [0, 0.1) is 11.6 Å². The summed E-state index contributed by atoms with van der Waals surface area (Å²) >= 11 is 3.32. The molecule has 1 aromatic carbocycles. The number of aromatic nitrogens is 2. The molecule has 2 N–H and O–H groups in total. The largest absolute Gasteiger partial charge is 0.319 e. The van der Waals surface area contributed by atoms with E-state index in [2.05, 4.69) is 21.0 Å². The Morgan fingerprint density at radius 3 is 2.37 bits per heavy atom. The number of nitrogens with zero attached hydrogens (tertiary/aromatic N) is 2. The average Bonchev–Trinajstić information content (AvgIpc) is 2.70. The van der Waals surface area contributed by atoms with Gasteiger partial charge in [-0.1, -0.05) is 6.07 Å². The van der Waals surface area contributed by atoms with Gasteiger partial charge in [0, 0.05) is 11.6 Å². The predicted molar refractivity (Wildman–Crippen MR) is 72.7 cm³/mol. The highest BCUT2D eigenvalue weighted by Gasteiger charge is 2.24. The Balaban J connectivity index is 2.56. The van der Waals surface area contributed by atoms with Crippen LogP contribution in [0.15, 0.2) is 28.9 Å². The van der Waals surface area contributed by atoms with Crippen LogP contribution >= 0.6 is 15.9 Å². The minimum Gasteiger partial charge on any atom is -0.319 e. The third-order valence-corrected chi connectivity index (χ3v) is 3.49. The number of hydrogen-bond acceptors (Lipinski definition) is 2. The molecule has 0 bridgehead atoms. The maximum atomic E-state index is 13.8. The monoisotopic (exact) mass is 329 g/mol. The molecule has 2 aromatic rings. The third-order valence-electron chi connectivity index (χ3n) is 2.88. The molecule has 3 nitrogen and oxygen atoms in total. The standard InChI is InChI=1S/C13H14BrF2N3/c1-7(2)19-13(8(14)6-18-19)12(17)11-9(15)4-3-5-10(11)16/h3-7,12H,17H2,1-2H3. The summed E-state index contributed by atoms with van der Waals surface area (Å²) < 4.78 is 29.9. The van der Waals surface area contributed by atoms with E-state index in [1.807, 2.05) is 13.8 Å². The Morgan fingerprint density at radius 1 is 1.26 bits per heavy atom. The molecule has 0 aliphatic rings. The van der Waals surface area contributed by atoms with Crippen molar-refractivity contribution in [2.75, 3.05) is 0 Å². The lowest BCUT2D eigenvalue weighted by molar-refractivity contribution is 0.482. The first-order chi connectivity index (χ1) is 8.93. The molecule has 6 heteroatoms. The zero-order valence-corrected chi connectivity index (χ0v) is 12.2. The molecular weight excluding hydrogens is 316 g/mol. The van der Waals surface area contributed by atoms with Crippen LogP contribution in [0.3, 0.4) is 0 Å². The maximum Gasteiger partial charge on any atom is 0.131 e. The van der Waals surface area contributed by atoms with Crippen LogP contribution < -0.4 is 5.73 Å². The smallest absolute Gasteiger partial charge is 0.131 e. The molecule has 19 heavy (non-hydrogen) atoms. The van der Waals surface area contributed by atoms with Crippen molar-refractivity contribution >= 4 is 15.9 Å². The molecule has 1 atom stereocenters. The Hall–Kier alpha value is -1.27. The summed E-state index contributed by atoms with van der Waals surface area (Å²) in [5.74, 6) is -1.31. The second-order valence-electron chi connectivity index (χ2n) is 4.53. The minimum atomic E-state index is -0.916. The van der Waals surface area contributed by atoms with Gasteiger partial charge in [-0.15, -0.1) is 0 Å². The zero-order chi connectivity index (χ0) is 14.2. The molecule has 1 aromatic heterocycles. The van der Waals surface area contributed by atoms with E-state index >= 15 is 0 Å². The second kappa shape index (κ2) is 5.38. The number of benzene rings is 1. The molecule has 102 valence electrons. The van der Waals surface area contributed by atoms with E-state index in [4.69, 9.17) is 5.73 Å². The number of hydrogen-bond donors (Lipinski definition) is 1. The average molecular weight is 330 g/mol. The van der Waals surface area contributed by atoms with Gasteiger partial charge in [-0.25, -0.2) is 8.78 Å². The molecular formula is C13H14BrF2N3. The molecule has 0 saturated heterocycles. The number of nitrogens with two attached hydrogens (primary N) is 1. The highest BCUT2D eigenvalue weighted by Crippen LogP contribution is 2.31. The first kappa shape index (κ1) is 14.1. The summed E-state index contributed by atoms with van der Waals surface area (Å²) in [5.41, 5.74) is 6.44. The summed E-state index contributed by atoms with van der Waals surface area (Å²) in [6, 6.07) is 2.84. The van der Waals surface area contributed by atoms with E-state index in [-0.39, 0.29) is 11.6 Å². The highest BCUT2D eigenvalue weighted by atomic mass is 79.9. The van der Waals surface area contributed by atoms with Gasteiger partial charge in [0.2, 0.25) is 0 Å². The van der Waals surface area contributed by atoms with Gasteiger partial charge in [-0.2, -0.15) is 5.10 Å². The van der Waals surface area contributed by atoms with Gasteiger partial charge >= 0.3 is 0 Å². The molecule has 0 aliphatic carbocycles. The highest BCUT2D eigenvalue weighted by molar-refractivity contribution is 9.10. The second-order valence-corrected chi connectivity index (χ2v) is 5.38. The van der Waals surface area contributed by atoms with E-state index in [1.165, 1.54) is 18.2 Å². The van der Waals surface area contributed by atoms with Crippen LogP contribution in [0.5, 0.6) is 0 Å². The van der Waals surface area contributed by atoms with Crippen molar-refractivity contribution in [1.29, 1.82) is 0 Å². The van der Waals surface area contributed by atoms with Crippen LogP contribution in [-0.4, -0.2) is 9.78 Å². The Labute approximate surface area is 118 Å². The summed E-state index contributed by atoms with van der Waals surface area (Å²) in [4.78, 5) is 0. The van der Waals surface area contributed by atoms with Crippen LogP contribution in [-0.2, 0) is 0 Å². The summed E-state index contributed by atoms with van der Waals surface area (Å²) in [6.45, 7) is 3.85. The van der Waals surface area contributed by atoms with Gasteiger partial charge in [0.15, 0.2) is 0 Å². The SMILES string of the molecule is CC(C)n1ncc(Br)c1C(N)c1c(F)cccc1F. The minimum absolute atomic E-state index is 0.0437. The van der Waals surface area contributed by atoms with Crippen LogP contribution in [0.2, 0.25) is 0 Å². The predicted octanol–water partition coefficient (Wildman–Crippen LogP) is 3.55. The van der Waals surface area contributed by atoms with Crippen LogP contribution in [0.25, 0.3) is 0 Å². The quantitative estimate of drug-likeness (QED) is 0.935. The molecule has 0 fully saturated rings. The van der Waals surface area contributed by atoms with Gasteiger partial charge < -0.3 is 5.73 Å². The van der Waals surface area contributed by atoms with Gasteiger partial charge in [-0.3, -0.25) is 4.68 Å². The van der Waals surface area contributed by atoms with Crippen molar-refractivity contribution in [3.63, 3.8) is 0 Å². The fourth-order valence-electron chi connectivity index (χ4n) is 2.00. The molecule has 0 saturated carbocycles. The van der Waals surface area contributed by atoms with E-state index in [9.17, 15) is 8.78 Å². The van der Waals surface area contributed by atoms with Crippen molar-refractivity contribution in [3.05, 3.63) is 51.8 Å². The Morgan fingerprint density at radius 2 is 1.84 bits per heavy atom. The topological polar surface area (TPSA) is 43.8 Å². The molecule has 1 heterocycles. The molecule has 0 radical (unpaired) electrons. The first-order valence-corrected chi connectivity index (χ1v) is 6.65. The normalized spacial score (nSPS) is 13.0. The van der Waals surface area contributed by atoms with Gasteiger partial charge in [-0.05, 0) is 41.9 Å². The van der Waals surface area contributed by atoms with Crippen LogP contribution in [0.4, 0.5) is 8.78 Å². The molecule has 1 unspecified atom stereocenters. The lowest BCUT2D eigenvalue weighted by Gasteiger charge is -2.18. The lowest BCUT2D eigenvalue weighted by atomic mass is 10.0. The van der Waals surface area contributed by atoms with Gasteiger partial charge in [0.05, 0.1) is 22.4 Å². The van der Waals surface area contributed by atoms with Crippen molar-refractivity contribution < 1.29 is 8.78 Å². The number of halogens is 3. The Bertz CT molecular complexity index is 575. The van der Waals surface area contributed by atoms with Gasteiger partial charge in [0.25, 0.3) is 0 Å². The molecule has 0 spiro atoms. The molecule has 0 amide bonds. The van der Waals surface area contributed by atoms with Crippen molar-refractivity contribution in [3.8, 4) is 0 Å². The molecule has 2 rings (SSSR count). The fraction of sp³-hybridized carbons (Fsp3) is 0.308. The summed E-state index contributed by atoms with van der Waals surface area (Å²) in [7, 11) is 0. The van der Waals surface area contributed by atoms with Crippen LogP contribution in [0.1, 0.15) is 37.2 Å². The Kier molecular flexibility index (Phi) is 4.01. The van der Waals surface area contributed by atoms with E-state index in [1.54, 1.807) is 10.9 Å². The summed E-state index contributed by atoms with van der Waals surface area (Å²) in [6.07, 6.45) is 1.58. The van der Waals surface area contributed by atoms with Crippen molar-refractivity contribution in [1.82, 2.24) is 9.78 Å². The van der Waals surface area contributed by atoms with E-state index < -0.39 is 17.7 Å². The summed E-state index contributed by atoms with van der Waals surface area (Å²) in [5, 5.41) is 4.17. The lowest BCUT2D eigenvalue weighted by Crippen LogP contribution is -2.21. The third kappa shape index (κ3) is 2.55.